The molecule has 1 aliphatic heterocycles. The van der Waals surface area contributed by atoms with E-state index in [0.29, 0.717) is 49.7 Å². The van der Waals surface area contributed by atoms with E-state index in [0.717, 1.165) is 0 Å². The molecule has 0 aliphatic carbocycles. The van der Waals surface area contributed by atoms with Gasteiger partial charge < -0.3 is 20.7 Å². The Morgan fingerprint density at radius 2 is 1.88 bits per heavy atom. The topological polar surface area (TPSA) is 84.7 Å². The summed E-state index contributed by atoms with van der Waals surface area (Å²) >= 11 is 0. The van der Waals surface area contributed by atoms with Crippen LogP contribution in [0, 0.1) is 11.8 Å². The number of rotatable bonds is 6. The number of likely N-dealkylation sites (tertiary alicyclic amines) is 1. The van der Waals surface area contributed by atoms with E-state index in [1.54, 1.807) is 12.0 Å². The summed E-state index contributed by atoms with van der Waals surface area (Å²) in [6, 6.07) is 6.90. The molecule has 6 nitrogen and oxygen atoms in total. The second kappa shape index (κ2) is 10.4. The molecule has 146 valence electrons. The van der Waals surface area contributed by atoms with E-state index in [9.17, 15) is 9.59 Å². The van der Waals surface area contributed by atoms with Gasteiger partial charge in [-0.1, -0.05) is 26.0 Å². The first-order chi connectivity index (χ1) is 11.9. The van der Waals surface area contributed by atoms with Crippen LogP contribution in [-0.4, -0.2) is 43.0 Å². The summed E-state index contributed by atoms with van der Waals surface area (Å²) in [5, 5.41) is 2.93. The SMILES string of the molecule is COc1ccccc1NC(=O)C1CCN(C(=O)[C@@H](N)CC(C)C)CC1.Cl. The van der Waals surface area contributed by atoms with Crippen molar-refractivity contribution in [1.29, 1.82) is 0 Å². The molecule has 1 aromatic carbocycles. The van der Waals surface area contributed by atoms with Gasteiger partial charge >= 0.3 is 0 Å². The quantitative estimate of drug-likeness (QED) is 0.790. The highest BCUT2D eigenvalue weighted by molar-refractivity contribution is 5.94. The van der Waals surface area contributed by atoms with Crippen LogP contribution in [-0.2, 0) is 9.59 Å². The highest BCUT2D eigenvalue weighted by atomic mass is 35.5. The number of methoxy groups -OCH3 is 1. The average Bonchev–Trinajstić information content (AvgIpc) is 2.61. The molecule has 2 rings (SSSR count). The van der Waals surface area contributed by atoms with Crippen molar-refractivity contribution in [1.82, 2.24) is 4.90 Å². The Labute approximate surface area is 161 Å². The van der Waals surface area contributed by atoms with E-state index < -0.39 is 6.04 Å². The van der Waals surface area contributed by atoms with Crippen molar-refractivity contribution in [3.63, 3.8) is 0 Å². The average molecular weight is 384 g/mol. The fraction of sp³-hybridized carbons (Fsp3) is 0.579. The summed E-state index contributed by atoms with van der Waals surface area (Å²) in [5.41, 5.74) is 6.67. The number of anilines is 1. The standard InChI is InChI=1S/C19H29N3O3.ClH/c1-13(2)12-15(20)19(24)22-10-8-14(9-11-22)18(23)21-16-6-4-5-7-17(16)25-3;/h4-7,13-15H,8-12,20H2,1-3H3,(H,21,23);1H/t15-;/m0./s1. The lowest BCUT2D eigenvalue weighted by atomic mass is 9.94. The minimum atomic E-state index is -0.445. The van der Waals surface area contributed by atoms with Crippen molar-refractivity contribution >= 4 is 29.9 Å². The lowest BCUT2D eigenvalue weighted by Gasteiger charge is -2.33. The van der Waals surface area contributed by atoms with E-state index in [4.69, 9.17) is 10.5 Å². The van der Waals surface area contributed by atoms with Crippen LogP contribution in [0.25, 0.3) is 0 Å². The van der Waals surface area contributed by atoms with Gasteiger partial charge in [0.15, 0.2) is 0 Å². The molecule has 0 radical (unpaired) electrons. The first-order valence-electron chi connectivity index (χ1n) is 8.90. The number of halogens is 1. The largest absolute Gasteiger partial charge is 0.495 e. The number of nitrogens with one attached hydrogen (secondary N) is 1. The molecule has 26 heavy (non-hydrogen) atoms. The molecule has 1 atom stereocenters. The minimum absolute atomic E-state index is 0. The number of hydrogen-bond acceptors (Lipinski definition) is 4. The smallest absolute Gasteiger partial charge is 0.239 e. The van der Waals surface area contributed by atoms with Crippen LogP contribution in [0.2, 0.25) is 0 Å². The molecule has 1 heterocycles. The molecule has 2 amide bonds. The van der Waals surface area contributed by atoms with Gasteiger partial charge in [0, 0.05) is 19.0 Å². The number of carbonyl (C=O) groups is 2. The van der Waals surface area contributed by atoms with Gasteiger partial charge in [0.2, 0.25) is 11.8 Å². The minimum Gasteiger partial charge on any atom is -0.495 e. The third-order valence-corrected chi connectivity index (χ3v) is 4.58. The van der Waals surface area contributed by atoms with Crippen molar-refractivity contribution in [3.8, 4) is 5.75 Å². The Bertz CT molecular complexity index is 601. The molecule has 1 saturated heterocycles. The predicted octanol–water partition coefficient (Wildman–Crippen LogP) is 2.67. The van der Waals surface area contributed by atoms with E-state index in [-0.39, 0.29) is 30.1 Å². The zero-order valence-corrected chi connectivity index (χ0v) is 16.6. The Morgan fingerprint density at radius 3 is 2.46 bits per heavy atom. The Kier molecular flexibility index (Phi) is 8.88. The highest BCUT2D eigenvalue weighted by Crippen LogP contribution is 2.26. The summed E-state index contributed by atoms with van der Waals surface area (Å²) in [7, 11) is 1.58. The van der Waals surface area contributed by atoms with E-state index in [1.165, 1.54) is 0 Å². The predicted molar refractivity (Wildman–Crippen MR) is 106 cm³/mol. The molecule has 1 fully saturated rings. The molecular formula is C19H30ClN3O3. The molecule has 7 heteroatoms. The maximum Gasteiger partial charge on any atom is 0.239 e. The molecule has 0 aromatic heterocycles. The van der Waals surface area contributed by atoms with Gasteiger partial charge in [0.1, 0.15) is 5.75 Å². The second-order valence-electron chi connectivity index (χ2n) is 7.03. The lowest BCUT2D eigenvalue weighted by molar-refractivity contribution is -0.136. The fourth-order valence-electron chi connectivity index (χ4n) is 3.19. The molecule has 1 aliphatic rings. The van der Waals surface area contributed by atoms with E-state index in [1.807, 2.05) is 24.3 Å². The van der Waals surface area contributed by atoms with Gasteiger partial charge in [-0.3, -0.25) is 9.59 Å². The third kappa shape index (κ3) is 5.88. The van der Waals surface area contributed by atoms with Crippen molar-refractivity contribution < 1.29 is 14.3 Å². The van der Waals surface area contributed by atoms with Crippen LogP contribution < -0.4 is 15.8 Å². The molecule has 0 saturated carbocycles. The first kappa shape index (κ1) is 22.3. The third-order valence-electron chi connectivity index (χ3n) is 4.58. The number of hydrogen-bond donors (Lipinski definition) is 2. The monoisotopic (exact) mass is 383 g/mol. The van der Waals surface area contributed by atoms with Crippen molar-refractivity contribution in [2.45, 2.75) is 39.2 Å². The zero-order valence-electron chi connectivity index (χ0n) is 15.7. The summed E-state index contributed by atoms with van der Waals surface area (Å²) in [4.78, 5) is 26.7. The van der Waals surface area contributed by atoms with Crippen LogP contribution in [0.5, 0.6) is 5.75 Å². The zero-order chi connectivity index (χ0) is 18.4. The molecule has 1 aromatic rings. The number of amides is 2. The fourth-order valence-corrected chi connectivity index (χ4v) is 3.19. The van der Waals surface area contributed by atoms with Crippen LogP contribution in [0.15, 0.2) is 24.3 Å². The van der Waals surface area contributed by atoms with Gasteiger partial charge in [-0.15, -0.1) is 12.4 Å². The number of benzene rings is 1. The molecule has 3 N–H and O–H groups in total. The number of para-hydroxylation sites is 2. The molecular weight excluding hydrogens is 354 g/mol. The van der Waals surface area contributed by atoms with Crippen molar-refractivity contribution in [3.05, 3.63) is 24.3 Å². The summed E-state index contributed by atoms with van der Waals surface area (Å²) in [5.74, 6) is 0.905. The maximum atomic E-state index is 12.5. The first-order valence-corrected chi connectivity index (χ1v) is 8.90. The van der Waals surface area contributed by atoms with E-state index >= 15 is 0 Å². The summed E-state index contributed by atoms with van der Waals surface area (Å²) in [6.45, 7) is 5.27. The number of carbonyl (C=O) groups excluding carboxylic acids is 2. The van der Waals surface area contributed by atoms with Crippen LogP contribution >= 0.6 is 12.4 Å². The second-order valence-corrected chi connectivity index (χ2v) is 7.03. The molecule has 0 unspecified atom stereocenters. The normalized spacial score (nSPS) is 16.0. The Hall–Kier alpha value is -1.79. The number of ether oxygens (including phenoxy) is 1. The van der Waals surface area contributed by atoms with E-state index in [2.05, 4.69) is 19.2 Å². The molecule has 0 spiro atoms. The molecule has 0 bridgehead atoms. The van der Waals surface area contributed by atoms with Gasteiger partial charge in [0.25, 0.3) is 0 Å². The highest BCUT2D eigenvalue weighted by Gasteiger charge is 2.30. The van der Waals surface area contributed by atoms with Crippen molar-refractivity contribution in [2.24, 2.45) is 17.6 Å². The number of piperidine rings is 1. The van der Waals surface area contributed by atoms with Gasteiger partial charge in [-0.05, 0) is 37.3 Å². The van der Waals surface area contributed by atoms with Gasteiger partial charge in [0.05, 0.1) is 18.8 Å². The van der Waals surface area contributed by atoms with Gasteiger partial charge in [-0.25, -0.2) is 0 Å². The Morgan fingerprint density at radius 1 is 1.27 bits per heavy atom. The van der Waals surface area contributed by atoms with Crippen molar-refractivity contribution in [2.75, 3.05) is 25.5 Å². The summed E-state index contributed by atoms with van der Waals surface area (Å²) in [6.07, 6.45) is 2.00. The number of nitrogens with zero attached hydrogens (tertiary/aromatic N) is 1. The number of nitrogens with two attached hydrogens (primary N) is 1. The Balaban J connectivity index is 0.00000338. The maximum absolute atomic E-state index is 12.5. The van der Waals surface area contributed by atoms with Crippen LogP contribution in [0.1, 0.15) is 33.1 Å². The van der Waals surface area contributed by atoms with Crippen LogP contribution in [0.3, 0.4) is 0 Å². The lowest BCUT2D eigenvalue weighted by Crippen LogP contribution is -2.48. The summed E-state index contributed by atoms with van der Waals surface area (Å²) < 4.78 is 5.26. The van der Waals surface area contributed by atoms with Gasteiger partial charge in [-0.2, -0.15) is 0 Å². The van der Waals surface area contributed by atoms with Crippen LogP contribution in [0.4, 0.5) is 5.69 Å².